The quantitative estimate of drug-likeness (QED) is 0.815. The maximum atomic E-state index is 12.0. The maximum absolute atomic E-state index is 12.0. The third-order valence-corrected chi connectivity index (χ3v) is 3.56. The van der Waals surface area contributed by atoms with E-state index in [4.69, 9.17) is 5.73 Å². The first kappa shape index (κ1) is 15.0. The first-order valence-electron chi connectivity index (χ1n) is 7.01. The van der Waals surface area contributed by atoms with E-state index in [9.17, 15) is 14.4 Å². The number of carbonyl (C=O) groups excluding carboxylic acids is 3. The van der Waals surface area contributed by atoms with E-state index in [0.717, 1.165) is 6.42 Å². The number of rotatable bonds is 5. The number of nitrogens with zero attached hydrogens (tertiary/aromatic N) is 1. The molecule has 3 amide bonds. The van der Waals surface area contributed by atoms with Crippen molar-refractivity contribution < 1.29 is 14.4 Å². The lowest BCUT2D eigenvalue weighted by Gasteiger charge is -2.22. The average molecular weight is 289 g/mol. The van der Waals surface area contributed by atoms with Crippen molar-refractivity contribution >= 4 is 17.7 Å². The van der Waals surface area contributed by atoms with Gasteiger partial charge < -0.3 is 16.0 Å². The number of primary amides is 1. The Morgan fingerprint density at radius 3 is 2.62 bits per heavy atom. The molecule has 3 N–H and O–H groups in total. The molecule has 6 nitrogen and oxygen atoms in total. The summed E-state index contributed by atoms with van der Waals surface area (Å²) in [4.78, 5) is 36.6. The fraction of sp³-hybridized carbons (Fsp3) is 0.400. The highest BCUT2D eigenvalue weighted by Crippen LogP contribution is 2.17. The molecule has 1 heterocycles. The molecule has 112 valence electrons. The summed E-state index contributed by atoms with van der Waals surface area (Å²) in [7, 11) is 0. The van der Waals surface area contributed by atoms with Gasteiger partial charge in [-0.2, -0.15) is 0 Å². The van der Waals surface area contributed by atoms with Crippen LogP contribution in [0.3, 0.4) is 0 Å². The van der Waals surface area contributed by atoms with E-state index in [-0.39, 0.29) is 24.8 Å². The van der Waals surface area contributed by atoms with Gasteiger partial charge in [0.25, 0.3) is 5.91 Å². The van der Waals surface area contributed by atoms with Crippen molar-refractivity contribution in [2.24, 2.45) is 5.73 Å². The standard InChI is InChI=1S/C15H19N3O3/c16-14(20)12-7-4-10-18(12)13(19)8-9-17-15(21)11-5-2-1-3-6-11/h1-3,5-6,12H,4,7-10H2,(H2,16,20)(H,17,21)/t12-/m0/s1. The lowest BCUT2D eigenvalue weighted by Crippen LogP contribution is -2.44. The molecule has 1 fully saturated rings. The molecule has 1 aromatic carbocycles. The second kappa shape index (κ2) is 6.88. The monoisotopic (exact) mass is 289 g/mol. The van der Waals surface area contributed by atoms with Crippen molar-refractivity contribution in [3.8, 4) is 0 Å². The minimum atomic E-state index is -0.498. The number of likely N-dealkylation sites (tertiary alicyclic amines) is 1. The molecule has 0 bridgehead atoms. The predicted octanol–water partition coefficient (Wildman–Crippen LogP) is 0.283. The molecular weight excluding hydrogens is 270 g/mol. The Hall–Kier alpha value is -2.37. The lowest BCUT2D eigenvalue weighted by atomic mass is 10.2. The average Bonchev–Trinajstić information content (AvgIpc) is 2.97. The van der Waals surface area contributed by atoms with Gasteiger partial charge in [0, 0.05) is 25.1 Å². The minimum Gasteiger partial charge on any atom is -0.368 e. The van der Waals surface area contributed by atoms with Crippen molar-refractivity contribution in [1.29, 1.82) is 0 Å². The molecule has 0 spiro atoms. The van der Waals surface area contributed by atoms with Crippen LogP contribution in [0.5, 0.6) is 0 Å². The van der Waals surface area contributed by atoms with Crippen molar-refractivity contribution in [2.45, 2.75) is 25.3 Å². The topological polar surface area (TPSA) is 92.5 Å². The molecule has 0 radical (unpaired) electrons. The summed E-state index contributed by atoms with van der Waals surface area (Å²) in [5, 5.41) is 2.69. The summed E-state index contributed by atoms with van der Waals surface area (Å²) in [6.07, 6.45) is 1.58. The second-order valence-electron chi connectivity index (χ2n) is 5.02. The zero-order valence-electron chi connectivity index (χ0n) is 11.7. The summed E-state index contributed by atoms with van der Waals surface area (Å²) >= 11 is 0. The third kappa shape index (κ3) is 3.81. The van der Waals surface area contributed by atoms with Crippen LogP contribution in [0.15, 0.2) is 30.3 Å². The Bertz CT molecular complexity index is 530. The van der Waals surface area contributed by atoms with E-state index >= 15 is 0 Å². The van der Waals surface area contributed by atoms with Crippen LogP contribution in [-0.2, 0) is 9.59 Å². The summed E-state index contributed by atoms with van der Waals surface area (Å²) in [6, 6.07) is 8.31. The Labute approximate surface area is 123 Å². The number of benzene rings is 1. The van der Waals surface area contributed by atoms with E-state index in [2.05, 4.69) is 5.32 Å². The van der Waals surface area contributed by atoms with Crippen molar-refractivity contribution in [2.75, 3.05) is 13.1 Å². The molecule has 21 heavy (non-hydrogen) atoms. The molecule has 2 rings (SSSR count). The second-order valence-corrected chi connectivity index (χ2v) is 5.02. The minimum absolute atomic E-state index is 0.148. The van der Waals surface area contributed by atoms with Gasteiger partial charge >= 0.3 is 0 Å². The summed E-state index contributed by atoms with van der Waals surface area (Å²) in [5.41, 5.74) is 5.83. The van der Waals surface area contributed by atoms with Gasteiger partial charge in [-0.05, 0) is 25.0 Å². The number of nitrogens with two attached hydrogens (primary N) is 1. The van der Waals surface area contributed by atoms with E-state index in [1.165, 1.54) is 4.90 Å². The van der Waals surface area contributed by atoms with Crippen LogP contribution >= 0.6 is 0 Å². The highest BCUT2D eigenvalue weighted by molar-refractivity contribution is 5.94. The van der Waals surface area contributed by atoms with Gasteiger partial charge in [-0.1, -0.05) is 18.2 Å². The van der Waals surface area contributed by atoms with Gasteiger partial charge in [0.2, 0.25) is 11.8 Å². The van der Waals surface area contributed by atoms with Crippen LogP contribution in [0.4, 0.5) is 0 Å². The van der Waals surface area contributed by atoms with Crippen LogP contribution in [0, 0.1) is 0 Å². The van der Waals surface area contributed by atoms with E-state index in [1.807, 2.05) is 6.07 Å². The molecular formula is C15H19N3O3. The largest absolute Gasteiger partial charge is 0.368 e. The highest BCUT2D eigenvalue weighted by atomic mass is 16.2. The van der Waals surface area contributed by atoms with Gasteiger partial charge in [0.15, 0.2) is 0 Å². The van der Waals surface area contributed by atoms with Crippen molar-refractivity contribution in [3.63, 3.8) is 0 Å². The van der Waals surface area contributed by atoms with Crippen molar-refractivity contribution in [3.05, 3.63) is 35.9 Å². The Kier molecular flexibility index (Phi) is 4.92. The van der Waals surface area contributed by atoms with E-state index < -0.39 is 11.9 Å². The van der Waals surface area contributed by atoms with Gasteiger partial charge in [0.1, 0.15) is 6.04 Å². The summed E-state index contributed by atoms with van der Waals surface area (Å²) in [6.45, 7) is 0.799. The number of amides is 3. The number of hydrogen-bond acceptors (Lipinski definition) is 3. The molecule has 6 heteroatoms. The van der Waals surface area contributed by atoms with Crippen LogP contribution < -0.4 is 11.1 Å². The zero-order valence-corrected chi connectivity index (χ0v) is 11.7. The Balaban J connectivity index is 1.79. The SMILES string of the molecule is NC(=O)[C@@H]1CCCN1C(=O)CCNC(=O)c1ccccc1. The summed E-state index contributed by atoms with van der Waals surface area (Å²) < 4.78 is 0. The van der Waals surface area contributed by atoms with Crippen LogP contribution in [-0.4, -0.2) is 41.8 Å². The molecule has 0 aliphatic carbocycles. The third-order valence-electron chi connectivity index (χ3n) is 3.56. The zero-order chi connectivity index (χ0) is 15.2. The predicted molar refractivity (Wildman–Crippen MR) is 77.3 cm³/mol. The van der Waals surface area contributed by atoms with Crippen LogP contribution in [0.25, 0.3) is 0 Å². The highest BCUT2D eigenvalue weighted by Gasteiger charge is 2.32. The molecule has 0 unspecified atom stereocenters. The Morgan fingerprint density at radius 2 is 1.95 bits per heavy atom. The maximum Gasteiger partial charge on any atom is 0.251 e. The first-order chi connectivity index (χ1) is 10.1. The number of hydrogen-bond donors (Lipinski definition) is 2. The van der Waals surface area contributed by atoms with E-state index in [1.54, 1.807) is 24.3 Å². The molecule has 1 aliphatic heterocycles. The van der Waals surface area contributed by atoms with Crippen LogP contribution in [0.1, 0.15) is 29.6 Å². The first-order valence-corrected chi connectivity index (χ1v) is 7.01. The molecule has 1 aromatic rings. The normalized spacial score (nSPS) is 17.5. The number of carbonyl (C=O) groups is 3. The number of nitrogens with one attached hydrogen (secondary N) is 1. The van der Waals surface area contributed by atoms with Crippen molar-refractivity contribution in [1.82, 2.24) is 10.2 Å². The molecule has 0 aromatic heterocycles. The van der Waals surface area contributed by atoms with Gasteiger partial charge in [-0.3, -0.25) is 14.4 Å². The van der Waals surface area contributed by atoms with Gasteiger partial charge in [-0.25, -0.2) is 0 Å². The van der Waals surface area contributed by atoms with Crippen LogP contribution in [0.2, 0.25) is 0 Å². The molecule has 1 saturated heterocycles. The molecule has 1 atom stereocenters. The smallest absolute Gasteiger partial charge is 0.251 e. The molecule has 0 saturated carbocycles. The van der Waals surface area contributed by atoms with E-state index in [0.29, 0.717) is 18.5 Å². The van der Waals surface area contributed by atoms with Gasteiger partial charge in [-0.15, -0.1) is 0 Å². The fourth-order valence-corrected chi connectivity index (χ4v) is 2.48. The van der Waals surface area contributed by atoms with Gasteiger partial charge in [0.05, 0.1) is 0 Å². The molecule has 1 aliphatic rings. The lowest BCUT2D eigenvalue weighted by molar-refractivity contribution is -0.137. The Morgan fingerprint density at radius 1 is 1.24 bits per heavy atom. The summed E-state index contributed by atoms with van der Waals surface area (Å²) in [5.74, 6) is -0.824. The fourth-order valence-electron chi connectivity index (χ4n) is 2.48.